The summed E-state index contributed by atoms with van der Waals surface area (Å²) in [7, 11) is -2.86. The Kier molecular flexibility index (Phi) is 11.5. The summed E-state index contributed by atoms with van der Waals surface area (Å²) >= 11 is 0. The number of rotatable bonds is 12. The Morgan fingerprint density at radius 3 is 2.38 bits per heavy atom. The molecule has 2 rings (SSSR count). The molecule has 0 aliphatic rings. The minimum atomic E-state index is -4.03. The molecule has 0 bridgehead atoms. The van der Waals surface area contributed by atoms with E-state index in [-0.39, 0.29) is 36.8 Å². The van der Waals surface area contributed by atoms with Gasteiger partial charge in [-0.05, 0) is 37.5 Å². The van der Waals surface area contributed by atoms with Crippen LogP contribution in [0.3, 0.4) is 0 Å². The molecule has 2 amide bonds. The summed E-state index contributed by atoms with van der Waals surface area (Å²) in [5, 5.41) is 4.63. The Hall–Kier alpha value is -3.97. The first-order chi connectivity index (χ1) is 17.6. The van der Waals surface area contributed by atoms with Crippen molar-refractivity contribution in [2.75, 3.05) is 20.2 Å². The topological polar surface area (TPSA) is 178 Å². The third-order valence-electron chi connectivity index (χ3n) is 4.96. The van der Waals surface area contributed by atoms with Gasteiger partial charge in [0.1, 0.15) is 19.2 Å². The van der Waals surface area contributed by atoms with E-state index in [9.17, 15) is 22.8 Å². The lowest BCUT2D eigenvalue weighted by Gasteiger charge is -2.18. The molecule has 1 atom stereocenters. The standard InChI is InChI=1S/C24H31N5O7S/c1-17-10-12-19(13-11-17)37(33,34)29-20(22(31)27-15-21(30)35-2)9-6-14-26-23(25)28-24(32)36-16-18-7-4-3-5-8-18/h3-5,7-8,10-13,20,29H,6,9,14-16H2,1-2H3,(H,27,31)(H3,25,26,28,32)/t20-/m1/s1. The highest BCUT2D eigenvalue weighted by Crippen LogP contribution is 2.12. The molecule has 12 nitrogen and oxygen atoms in total. The minimum absolute atomic E-state index is 0.00986. The molecule has 0 heterocycles. The van der Waals surface area contributed by atoms with Crippen LogP contribution in [0.4, 0.5) is 4.79 Å². The number of nitrogens with two attached hydrogens (primary N) is 1. The van der Waals surface area contributed by atoms with Crippen LogP contribution in [-0.2, 0) is 35.7 Å². The van der Waals surface area contributed by atoms with E-state index < -0.39 is 40.6 Å². The summed E-state index contributed by atoms with van der Waals surface area (Å²) in [6.45, 7) is 1.54. The number of nitrogens with zero attached hydrogens (tertiary/aromatic N) is 1. The number of sulfonamides is 1. The number of guanidine groups is 1. The number of amides is 2. The van der Waals surface area contributed by atoms with Gasteiger partial charge in [-0.15, -0.1) is 0 Å². The van der Waals surface area contributed by atoms with Crippen molar-refractivity contribution in [1.82, 2.24) is 15.4 Å². The number of esters is 1. The Bertz CT molecular complexity index is 1190. The molecule has 0 fully saturated rings. The maximum absolute atomic E-state index is 12.8. The zero-order chi connectivity index (χ0) is 27.3. The van der Waals surface area contributed by atoms with Crippen molar-refractivity contribution in [3.63, 3.8) is 0 Å². The molecule has 37 heavy (non-hydrogen) atoms. The Balaban J connectivity index is 1.93. The van der Waals surface area contributed by atoms with Crippen molar-refractivity contribution in [2.45, 2.75) is 37.3 Å². The zero-order valence-corrected chi connectivity index (χ0v) is 21.4. The molecule has 0 aliphatic heterocycles. The lowest BCUT2D eigenvalue weighted by Crippen LogP contribution is -2.48. The average Bonchev–Trinajstić information content (AvgIpc) is 2.88. The number of aryl methyl sites for hydroxylation is 1. The Morgan fingerprint density at radius 2 is 1.73 bits per heavy atom. The maximum Gasteiger partial charge on any atom is 0.414 e. The second-order valence-electron chi connectivity index (χ2n) is 7.88. The number of nitrogens with one attached hydrogen (secondary N) is 3. The lowest BCUT2D eigenvalue weighted by atomic mass is 10.1. The summed E-state index contributed by atoms with van der Waals surface area (Å²) in [6, 6.07) is 14.0. The number of alkyl carbamates (subject to hydrolysis) is 1. The first-order valence-electron chi connectivity index (χ1n) is 11.3. The Morgan fingerprint density at radius 1 is 1.05 bits per heavy atom. The third kappa shape index (κ3) is 10.7. The SMILES string of the molecule is COC(=O)CNC(=O)[C@@H](CCCN=C(N)NC(=O)OCc1ccccc1)NS(=O)(=O)c1ccc(C)cc1. The molecule has 5 N–H and O–H groups in total. The predicted octanol–water partition coefficient (Wildman–Crippen LogP) is 0.952. The molecule has 2 aromatic rings. The van der Waals surface area contributed by atoms with Gasteiger partial charge in [0.25, 0.3) is 0 Å². The van der Waals surface area contributed by atoms with Crippen molar-refractivity contribution in [3.05, 3.63) is 65.7 Å². The normalized spacial score (nSPS) is 12.3. The van der Waals surface area contributed by atoms with E-state index in [1.165, 1.54) is 19.2 Å². The van der Waals surface area contributed by atoms with E-state index in [2.05, 4.69) is 25.1 Å². The van der Waals surface area contributed by atoms with Crippen molar-refractivity contribution >= 4 is 34.0 Å². The largest absolute Gasteiger partial charge is 0.468 e. The summed E-state index contributed by atoms with van der Waals surface area (Å²) in [5.74, 6) is -1.58. The molecule has 200 valence electrons. The van der Waals surface area contributed by atoms with Crippen LogP contribution in [-0.4, -0.2) is 58.6 Å². The molecule has 13 heteroatoms. The molecule has 0 saturated carbocycles. The quantitative estimate of drug-likeness (QED) is 0.135. The summed E-state index contributed by atoms with van der Waals surface area (Å²) in [6.07, 6.45) is -0.516. The first kappa shape index (κ1) is 29.3. The number of hydrogen-bond acceptors (Lipinski definition) is 8. The van der Waals surface area contributed by atoms with Gasteiger partial charge in [0, 0.05) is 6.54 Å². The van der Waals surface area contributed by atoms with Crippen LogP contribution in [0.25, 0.3) is 0 Å². The molecule has 0 unspecified atom stereocenters. The van der Waals surface area contributed by atoms with Crippen molar-refractivity contribution < 1.29 is 32.3 Å². The Labute approximate surface area is 215 Å². The summed E-state index contributed by atoms with van der Waals surface area (Å²) < 4.78 is 37.5. The minimum Gasteiger partial charge on any atom is -0.468 e. The van der Waals surface area contributed by atoms with Gasteiger partial charge in [-0.2, -0.15) is 4.72 Å². The summed E-state index contributed by atoms with van der Waals surface area (Å²) in [5.41, 5.74) is 7.38. The molecule has 0 aliphatic carbocycles. The van der Waals surface area contributed by atoms with Gasteiger partial charge in [-0.25, -0.2) is 13.2 Å². The maximum atomic E-state index is 12.8. The van der Waals surface area contributed by atoms with E-state index in [1.54, 1.807) is 24.3 Å². The number of methoxy groups -OCH3 is 1. The number of hydrogen-bond donors (Lipinski definition) is 4. The van der Waals surface area contributed by atoms with Crippen LogP contribution in [0.5, 0.6) is 0 Å². The highest BCUT2D eigenvalue weighted by atomic mass is 32.2. The van der Waals surface area contributed by atoms with Crippen LogP contribution in [0.2, 0.25) is 0 Å². The van der Waals surface area contributed by atoms with Gasteiger partial charge in [0.05, 0.1) is 12.0 Å². The van der Waals surface area contributed by atoms with E-state index in [1.807, 2.05) is 25.1 Å². The van der Waals surface area contributed by atoms with Crippen LogP contribution in [0.15, 0.2) is 64.5 Å². The molecular formula is C24H31N5O7S. The summed E-state index contributed by atoms with van der Waals surface area (Å²) in [4.78, 5) is 39.8. The fourth-order valence-electron chi connectivity index (χ4n) is 2.97. The second kappa shape index (κ2) is 14.6. The van der Waals surface area contributed by atoms with Crippen LogP contribution >= 0.6 is 0 Å². The monoisotopic (exact) mass is 533 g/mol. The highest BCUT2D eigenvalue weighted by Gasteiger charge is 2.26. The van der Waals surface area contributed by atoms with Gasteiger partial charge in [0.15, 0.2) is 5.96 Å². The van der Waals surface area contributed by atoms with Crippen molar-refractivity contribution in [3.8, 4) is 0 Å². The van der Waals surface area contributed by atoms with Crippen LogP contribution < -0.4 is 21.1 Å². The fourth-order valence-corrected chi connectivity index (χ4v) is 4.20. The molecule has 2 aromatic carbocycles. The molecule has 0 spiro atoms. The molecular weight excluding hydrogens is 502 g/mol. The number of carbonyl (C=O) groups is 3. The first-order valence-corrected chi connectivity index (χ1v) is 12.8. The van der Waals surface area contributed by atoms with Gasteiger partial charge in [-0.1, -0.05) is 48.0 Å². The van der Waals surface area contributed by atoms with Gasteiger partial charge in [0.2, 0.25) is 15.9 Å². The second-order valence-corrected chi connectivity index (χ2v) is 9.59. The lowest BCUT2D eigenvalue weighted by molar-refractivity contribution is -0.141. The van der Waals surface area contributed by atoms with E-state index in [0.717, 1.165) is 11.1 Å². The van der Waals surface area contributed by atoms with E-state index >= 15 is 0 Å². The molecule has 0 saturated heterocycles. The van der Waals surface area contributed by atoms with Crippen LogP contribution in [0.1, 0.15) is 24.0 Å². The van der Waals surface area contributed by atoms with Crippen LogP contribution in [0, 0.1) is 6.92 Å². The third-order valence-corrected chi connectivity index (χ3v) is 6.44. The number of benzene rings is 2. The van der Waals surface area contributed by atoms with E-state index in [0.29, 0.717) is 0 Å². The average molecular weight is 534 g/mol. The van der Waals surface area contributed by atoms with Crippen molar-refractivity contribution in [1.29, 1.82) is 0 Å². The van der Waals surface area contributed by atoms with E-state index in [4.69, 9.17) is 10.5 Å². The number of carbonyl (C=O) groups excluding carboxylic acids is 3. The molecule has 0 radical (unpaired) electrons. The fraction of sp³-hybridized carbons (Fsp3) is 0.333. The number of aliphatic imine (C=N–C) groups is 1. The van der Waals surface area contributed by atoms with Gasteiger partial charge < -0.3 is 20.5 Å². The smallest absolute Gasteiger partial charge is 0.414 e. The molecule has 0 aromatic heterocycles. The number of ether oxygens (including phenoxy) is 2. The van der Waals surface area contributed by atoms with Crippen molar-refractivity contribution in [2.24, 2.45) is 10.7 Å². The zero-order valence-electron chi connectivity index (χ0n) is 20.6. The predicted molar refractivity (Wildman–Crippen MR) is 136 cm³/mol. The van der Waals surface area contributed by atoms with Gasteiger partial charge >= 0.3 is 12.1 Å². The highest BCUT2D eigenvalue weighted by molar-refractivity contribution is 7.89. The van der Waals surface area contributed by atoms with Gasteiger partial charge in [-0.3, -0.25) is 19.9 Å².